The summed E-state index contributed by atoms with van der Waals surface area (Å²) in [6.07, 6.45) is 1.79. The highest BCUT2D eigenvalue weighted by atomic mass is 35.5. The third-order valence-corrected chi connectivity index (χ3v) is 4.11. The molecule has 0 fully saturated rings. The number of aromatic nitrogens is 2. The van der Waals surface area contributed by atoms with Crippen molar-refractivity contribution in [1.82, 2.24) is 14.7 Å². The van der Waals surface area contributed by atoms with Crippen LogP contribution in [-0.4, -0.2) is 40.4 Å². The minimum atomic E-state index is 0.138. The zero-order chi connectivity index (χ0) is 14.4. The Kier molecular flexibility index (Phi) is 6.83. The van der Waals surface area contributed by atoms with E-state index in [2.05, 4.69) is 30.8 Å². The standard InChI is InChI=1S/C14H27ClN4/c1-5-18(6-2)9-8-12(16)10-13-14(15)11(4)17-19(13)7-3/h12H,5-10,16H2,1-4H3. The molecule has 0 aliphatic rings. The number of rotatable bonds is 8. The maximum Gasteiger partial charge on any atom is 0.0847 e. The molecule has 0 aliphatic heterocycles. The van der Waals surface area contributed by atoms with Gasteiger partial charge in [-0.15, -0.1) is 0 Å². The van der Waals surface area contributed by atoms with E-state index in [1.54, 1.807) is 0 Å². The number of nitrogens with zero attached hydrogens (tertiary/aromatic N) is 3. The van der Waals surface area contributed by atoms with Gasteiger partial charge in [-0.25, -0.2) is 0 Å². The Morgan fingerprint density at radius 1 is 1.32 bits per heavy atom. The first-order valence-electron chi connectivity index (χ1n) is 7.23. The Morgan fingerprint density at radius 2 is 1.95 bits per heavy atom. The molecule has 5 heteroatoms. The average molecular weight is 287 g/mol. The first-order valence-corrected chi connectivity index (χ1v) is 7.60. The van der Waals surface area contributed by atoms with Gasteiger partial charge in [0.15, 0.2) is 0 Å². The van der Waals surface area contributed by atoms with E-state index in [9.17, 15) is 0 Å². The number of hydrogen-bond donors (Lipinski definition) is 1. The lowest BCUT2D eigenvalue weighted by Gasteiger charge is -2.20. The lowest BCUT2D eigenvalue weighted by Crippen LogP contribution is -2.32. The zero-order valence-corrected chi connectivity index (χ0v) is 13.4. The van der Waals surface area contributed by atoms with Gasteiger partial charge in [0.05, 0.1) is 16.4 Å². The van der Waals surface area contributed by atoms with Crippen LogP contribution in [0.4, 0.5) is 0 Å². The quantitative estimate of drug-likeness (QED) is 0.799. The summed E-state index contributed by atoms with van der Waals surface area (Å²) < 4.78 is 1.97. The van der Waals surface area contributed by atoms with Gasteiger partial charge in [0.2, 0.25) is 0 Å². The fourth-order valence-corrected chi connectivity index (χ4v) is 2.52. The molecule has 0 radical (unpaired) electrons. The second-order valence-corrected chi connectivity index (χ2v) is 5.32. The molecule has 110 valence electrons. The Bertz CT molecular complexity index is 385. The van der Waals surface area contributed by atoms with Crippen LogP contribution in [0.1, 0.15) is 38.6 Å². The van der Waals surface area contributed by atoms with Gasteiger partial charge in [-0.2, -0.15) is 5.10 Å². The molecule has 1 unspecified atom stereocenters. The first kappa shape index (κ1) is 16.5. The average Bonchev–Trinajstić information content (AvgIpc) is 2.67. The fraction of sp³-hybridized carbons (Fsp3) is 0.786. The molecule has 0 spiro atoms. The maximum absolute atomic E-state index is 6.30. The molecule has 19 heavy (non-hydrogen) atoms. The van der Waals surface area contributed by atoms with E-state index in [0.29, 0.717) is 0 Å². The second-order valence-electron chi connectivity index (χ2n) is 4.94. The summed E-state index contributed by atoms with van der Waals surface area (Å²) >= 11 is 6.30. The van der Waals surface area contributed by atoms with Crippen LogP contribution in [0, 0.1) is 6.92 Å². The highest BCUT2D eigenvalue weighted by molar-refractivity contribution is 6.31. The molecule has 4 nitrogen and oxygen atoms in total. The van der Waals surface area contributed by atoms with Crippen molar-refractivity contribution in [3.63, 3.8) is 0 Å². The molecular formula is C14H27ClN4. The lowest BCUT2D eigenvalue weighted by molar-refractivity contribution is 0.289. The maximum atomic E-state index is 6.30. The molecule has 1 rings (SSSR count). The van der Waals surface area contributed by atoms with Gasteiger partial charge >= 0.3 is 0 Å². The van der Waals surface area contributed by atoms with E-state index >= 15 is 0 Å². The molecular weight excluding hydrogens is 260 g/mol. The Balaban J connectivity index is 2.59. The van der Waals surface area contributed by atoms with Crippen molar-refractivity contribution < 1.29 is 0 Å². The molecule has 1 atom stereocenters. The Hall–Kier alpha value is -0.580. The highest BCUT2D eigenvalue weighted by Gasteiger charge is 2.16. The summed E-state index contributed by atoms with van der Waals surface area (Å²) in [4.78, 5) is 2.39. The lowest BCUT2D eigenvalue weighted by atomic mass is 10.1. The first-order chi connectivity index (χ1) is 9.03. The van der Waals surface area contributed by atoms with Crippen LogP contribution in [0.25, 0.3) is 0 Å². The van der Waals surface area contributed by atoms with Gasteiger partial charge in [0.1, 0.15) is 0 Å². The van der Waals surface area contributed by atoms with Gasteiger partial charge in [-0.1, -0.05) is 25.4 Å². The van der Waals surface area contributed by atoms with Gasteiger partial charge in [0.25, 0.3) is 0 Å². The minimum absolute atomic E-state index is 0.138. The molecule has 0 aromatic carbocycles. The van der Waals surface area contributed by atoms with Crippen LogP contribution < -0.4 is 5.73 Å². The predicted octanol–water partition coefficient (Wildman–Crippen LogP) is 2.47. The number of nitrogens with two attached hydrogens (primary N) is 1. The molecule has 0 saturated carbocycles. The van der Waals surface area contributed by atoms with Gasteiger partial charge in [-0.05, 0) is 39.9 Å². The molecule has 0 amide bonds. The molecule has 1 heterocycles. The van der Waals surface area contributed by atoms with E-state index in [-0.39, 0.29) is 6.04 Å². The molecule has 2 N–H and O–H groups in total. The summed E-state index contributed by atoms with van der Waals surface area (Å²) in [6, 6.07) is 0.138. The van der Waals surface area contributed by atoms with Gasteiger partial charge in [0, 0.05) is 19.0 Å². The third kappa shape index (κ3) is 4.48. The summed E-state index contributed by atoms with van der Waals surface area (Å²) in [6.45, 7) is 12.4. The van der Waals surface area contributed by atoms with E-state index in [4.69, 9.17) is 17.3 Å². The van der Waals surface area contributed by atoms with Crippen molar-refractivity contribution in [2.75, 3.05) is 19.6 Å². The SMILES string of the molecule is CCN(CC)CCC(N)Cc1c(Cl)c(C)nn1CC. The summed E-state index contributed by atoms with van der Waals surface area (Å²) in [5, 5.41) is 5.21. The normalized spacial score (nSPS) is 13.2. The number of aryl methyl sites for hydroxylation is 2. The number of halogens is 1. The van der Waals surface area contributed by atoms with E-state index in [1.807, 2.05) is 11.6 Å². The largest absolute Gasteiger partial charge is 0.327 e. The number of hydrogen-bond acceptors (Lipinski definition) is 3. The zero-order valence-electron chi connectivity index (χ0n) is 12.6. The van der Waals surface area contributed by atoms with Crippen LogP contribution in [-0.2, 0) is 13.0 Å². The summed E-state index contributed by atoms with van der Waals surface area (Å²) in [5.74, 6) is 0. The van der Waals surface area contributed by atoms with E-state index in [0.717, 1.165) is 55.4 Å². The van der Waals surface area contributed by atoms with Gasteiger partial charge in [-0.3, -0.25) is 4.68 Å². The van der Waals surface area contributed by atoms with Crippen molar-refractivity contribution in [3.8, 4) is 0 Å². The molecule has 0 bridgehead atoms. The van der Waals surface area contributed by atoms with Crippen LogP contribution >= 0.6 is 11.6 Å². The molecule has 0 aliphatic carbocycles. The Morgan fingerprint density at radius 3 is 2.47 bits per heavy atom. The van der Waals surface area contributed by atoms with Crippen LogP contribution in [0.5, 0.6) is 0 Å². The molecule has 1 aromatic heterocycles. The monoisotopic (exact) mass is 286 g/mol. The van der Waals surface area contributed by atoms with Gasteiger partial charge < -0.3 is 10.6 Å². The van der Waals surface area contributed by atoms with Crippen LogP contribution in [0.2, 0.25) is 5.02 Å². The summed E-state index contributed by atoms with van der Waals surface area (Å²) in [7, 11) is 0. The fourth-order valence-electron chi connectivity index (χ4n) is 2.30. The smallest absolute Gasteiger partial charge is 0.0847 e. The van der Waals surface area contributed by atoms with Crippen molar-refractivity contribution >= 4 is 11.6 Å². The molecule has 0 saturated heterocycles. The van der Waals surface area contributed by atoms with Crippen LogP contribution in [0.15, 0.2) is 0 Å². The van der Waals surface area contributed by atoms with E-state index in [1.165, 1.54) is 0 Å². The summed E-state index contributed by atoms with van der Waals surface area (Å²) in [5.41, 5.74) is 8.21. The second kappa shape index (κ2) is 7.88. The highest BCUT2D eigenvalue weighted by Crippen LogP contribution is 2.21. The van der Waals surface area contributed by atoms with E-state index < -0.39 is 0 Å². The topological polar surface area (TPSA) is 47.1 Å². The third-order valence-electron chi connectivity index (χ3n) is 3.62. The van der Waals surface area contributed by atoms with Crippen molar-refractivity contribution in [2.24, 2.45) is 5.73 Å². The van der Waals surface area contributed by atoms with Crippen molar-refractivity contribution in [2.45, 2.75) is 53.1 Å². The predicted molar refractivity (Wildman–Crippen MR) is 81.7 cm³/mol. The van der Waals surface area contributed by atoms with Crippen LogP contribution in [0.3, 0.4) is 0 Å². The Labute approximate surface area is 121 Å². The van der Waals surface area contributed by atoms with Crippen molar-refractivity contribution in [3.05, 3.63) is 16.4 Å². The minimum Gasteiger partial charge on any atom is -0.327 e. The molecule has 1 aromatic rings. The van der Waals surface area contributed by atoms with Crippen molar-refractivity contribution in [1.29, 1.82) is 0 Å².